The topological polar surface area (TPSA) is 39.4 Å². The molecule has 78 valence electrons. The van der Waals surface area contributed by atoms with Gasteiger partial charge in [0.25, 0.3) is 0 Å². The molecule has 0 bridgehead atoms. The lowest BCUT2D eigenvalue weighted by Gasteiger charge is -1.97. The summed E-state index contributed by atoms with van der Waals surface area (Å²) in [6.45, 7) is 2.01. The Morgan fingerprint density at radius 3 is 3.00 bits per heavy atom. The highest BCUT2D eigenvalue weighted by atomic mass is 16.5. The predicted molar refractivity (Wildman–Crippen MR) is 56.7 cm³/mol. The van der Waals surface area contributed by atoms with E-state index in [1.165, 1.54) is 7.11 Å². The van der Waals surface area contributed by atoms with Crippen LogP contribution in [-0.4, -0.2) is 13.1 Å². The van der Waals surface area contributed by atoms with E-state index >= 15 is 0 Å². The Balaban J connectivity index is 2.43. The van der Waals surface area contributed by atoms with Crippen molar-refractivity contribution >= 4 is 16.9 Å². The first kappa shape index (κ1) is 9.77. The van der Waals surface area contributed by atoms with Crippen molar-refractivity contribution in [2.24, 2.45) is 0 Å². The maximum absolute atomic E-state index is 11.1. The summed E-state index contributed by atoms with van der Waals surface area (Å²) in [5.74, 6) is -0.251. The van der Waals surface area contributed by atoms with Gasteiger partial charge in [-0.3, -0.25) is 4.79 Å². The zero-order valence-electron chi connectivity index (χ0n) is 8.74. The van der Waals surface area contributed by atoms with Crippen molar-refractivity contribution in [1.29, 1.82) is 0 Å². The van der Waals surface area contributed by atoms with Crippen LogP contribution < -0.4 is 0 Å². The maximum Gasteiger partial charge on any atom is 0.310 e. The van der Waals surface area contributed by atoms with Crippen LogP contribution in [0.2, 0.25) is 0 Å². The Hall–Kier alpha value is -1.77. The second-order valence-corrected chi connectivity index (χ2v) is 3.51. The zero-order valence-corrected chi connectivity index (χ0v) is 8.74. The van der Waals surface area contributed by atoms with Crippen molar-refractivity contribution in [2.75, 3.05) is 7.11 Å². The summed E-state index contributed by atoms with van der Waals surface area (Å²) >= 11 is 0. The van der Waals surface area contributed by atoms with Gasteiger partial charge in [-0.2, -0.15) is 0 Å². The minimum atomic E-state index is -0.251. The molecule has 1 heterocycles. The smallest absolute Gasteiger partial charge is 0.310 e. The zero-order chi connectivity index (χ0) is 10.8. The van der Waals surface area contributed by atoms with Crippen LogP contribution in [0.5, 0.6) is 0 Å². The SMILES string of the molecule is COC(=O)Cc1coc2ccc(C)cc12. The average Bonchev–Trinajstić information content (AvgIpc) is 2.61. The fraction of sp³-hybridized carbons (Fsp3) is 0.250. The molecule has 0 atom stereocenters. The number of fused-ring (bicyclic) bond motifs is 1. The molecular weight excluding hydrogens is 192 g/mol. The molecule has 3 nitrogen and oxygen atoms in total. The third-order valence-corrected chi connectivity index (χ3v) is 2.37. The summed E-state index contributed by atoms with van der Waals surface area (Å²) < 4.78 is 9.96. The number of furan rings is 1. The Kier molecular flexibility index (Phi) is 2.46. The number of aryl methyl sites for hydroxylation is 1. The van der Waals surface area contributed by atoms with Crippen molar-refractivity contribution in [1.82, 2.24) is 0 Å². The fourth-order valence-corrected chi connectivity index (χ4v) is 1.56. The normalized spacial score (nSPS) is 10.5. The molecular formula is C12H12O3. The van der Waals surface area contributed by atoms with Crippen molar-refractivity contribution in [3.8, 4) is 0 Å². The molecule has 0 amide bonds. The van der Waals surface area contributed by atoms with E-state index < -0.39 is 0 Å². The van der Waals surface area contributed by atoms with E-state index in [9.17, 15) is 4.79 Å². The number of hydrogen-bond donors (Lipinski definition) is 0. The van der Waals surface area contributed by atoms with E-state index in [-0.39, 0.29) is 12.4 Å². The molecule has 1 aromatic heterocycles. The third-order valence-electron chi connectivity index (χ3n) is 2.37. The van der Waals surface area contributed by atoms with Crippen LogP contribution in [0.25, 0.3) is 11.0 Å². The molecule has 1 aromatic carbocycles. The Morgan fingerprint density at radius 1 is 1.47 bits per heavy atom. The number of esters is 1. The molecule has 0 saturated heterocycles. The number of hydrogen-bond acceptors (Lipinski definition) is 3. The van der Waals surface area contributed by atoms with Gasteiger partial charge in [0.1, 0.15) is 5.58 Å². The first-order valence-corrected chi connectivity index (χ1v) is 4.74. The van der Waals surface area contributed by atoms with Gasteiger partial charge in [0.2, 0.25) is 0 Å². The van der Waals surface area contributed by atoms with E-state index in [1.54, 1.807) is 6.26 Å². The summed E-state index contributed by atoms with van der Waals surface area (Å²) in [6.07, 6.45) is 1.87. The van der Waals surface area contributed by atoms with Gasteiger partial charge in [0.15, 0.2) is 0 Å². The fourth-order valence-electron chi connectivity index (χ4n) is 1.56. The summed E-state index contributed by atoms with van der Waals surface area (Å²) in [5, 5.41) is 0.986. The van der Waals surface area contributed by atoms with Crippen LogP contribution in [0.15, 0.2) is 28.9 Å². The van der Waals surface area contributed by atoms with Gasteiger partial charge in [-0.15, -0.1) is 0 Å². The van der Waals surface area contributed by atoms with Crippen molar-refractivity contribution in [3.05, 3.63) is 35.6 Å². The molecule has 2 rings (SSSR count). The van der Waals surface area contributed by atoms with Crippen LogP contribution in [0.3, 0.4) is 0 Å². The quantitative estimate of drug-likeness (QED) is 0.705. The lowest BCUT2D eigenvalue weighted by atomic mass is 10.1. The first-order chi connectivity index (χ1) is 7.20. The van der Waals surface area contributed by atoms with Gasteiger partial charge in [0, 0.05) is 10.9 Å². The maximum atomic E-state index is 11.1. The van der Waals surface area contributed by atoms with E-state index in [4.69, 9.17) is 4.42 Å². The molecule has 0 spiro atoms. The molecule has 3 heteroatoms. The highest BCUT2D eigenvalue weighted by molar-refractivity contribution is 5.86. The number of rotatable bonds is 2. The second kappa shape index (κ2) is 3.77. The van der Waals surface area contributed by atoms with Gasteiger partial charge in [-0.05, 0) is 19.1 Å². The Bertz CT molecular complexity index is 497. The van der Waals surface area contributed by atoms with Crippen LogP contribution in [0.4, 0.5) is 0 Å². The number of carbonyl (C=O) groups excluding carboxylic acids is 1. The van der Waals surface area contributed by atoms with E-state index in [1.807, 2.05) is 25.1 Å². The summed E-state index contributed by atoms with van der Waals surface area (Å²) in [4.78, 5) is 11.1. The average molecular weight is 204 g/mol. The number of benzene rings is 1. The highest BCUT2D eigenvalue weighted by Crippen LogP contribution is 2.22. The van der Waals surface area contributed by atoms with Crippen LogP contribution in [0, 0.1) is 6.92 Å². The number of carbonyl (C=O) groups is 1. The van der Waals surface area contributed by atoms with Gasteiger partial charge in [-0.1, -0.05) is 11.6 Å². The van der Waals surface area contributed by atoms with Crippen molar-refractivity contribution in [2.45, 2.75) is 13.3 Å². The molecule has 15 heavy (non-hydrogen) atoms. The van der Waals surface area contributed by atoms with Crippen LogP contribution in [0.1, 0.15) is 11.1 Å². The molecule has 0 aliphatic heterocycles. The monoisotopic (exact) mass is 204 g/mol. The standard InChI is InChI=1S/C12H12O3/c1-8-3-4-11-10(5-8)9(7-15-11)6-12(13)14-2/h3-5,7H,6H2,1-2H3. The minimum absolute atomic E-state index is 0.251. The van der Waals surface area contributed by atoms with Gasteiger partial charge < -0.3 is 9.15 Å². The van der Waals surface area contributed by atoms with E-state index in [2.05, 4.69) is 4.74 Å². The predicted octanol–water partition coefficient (Wildman–Crippen LogP) is 2.46. The van der Waals surface area contributed by atoms with Crippen LogP contribution in [-0.2, 0) is 16.0 Å². The number of methoxy groups -OCH3 is 1. The minimum Gasteiger partial charge on any atom is -0.469 e. The highest BCUT2D eigenvalue weighted by Gasteiger charge is 2.10. The van der Waals surface area contributed by atoms with Crippen LogP contribution >= 0.6 is 0 Å². The number of ether oxygens (including phenoxy) is 1. The molecule has 0 aliphatic carbocycles. The molecule has 0 N–H and O–H groups in total. The lowest BCUT2D eigenvalue weighted by molar-refractivity contribution is -0.139. The van der Waals surface area contributed by atoms with Crippen molar-refractivity contribution < 1.29 is 13.9 Å². The summed E-state index contributed by atoms with van der Waals surface area (Å²) in [6, 6.07) is 5.90. The van der Waals surface area contributed by atoms with E-state index in [0.29, 0.717) is 0 Å². The van der Waals surface area contributed by atoms with Crippen molar-refractivity contribution in [3.63, 3.8) is 0 Å². The van der Waals surface area contributed by atoms with Gasteiger partial charge in [-0.25, -0.2) is 0 Å². The molecule has 0 saturated carbocycles. The molecule has 0 radical (unpaired) electrons. The van der Waals surface area contributed by atoms with E-state index in [0.717, 1.165) is 22.1 Å². The largest absolute Gasteiger partial charge is 0.469 e. The first-order valence-electron chi connectivity index (χ1n) is 4.74. The Labute approximate surface area is 87.6 Å². The molecule has 0 fully saturated rings. The second-order valence-electron chi connectivity index (χ2n) is 3.51. The van der Waals surface area contributed by atoms with Gasteiger partial charge >= 0.3 is 5.97 Å². The molecule has 0 unspecified atom stereocenters. The third kappa shape index (κ3) is 1.86. The summed E-state index contributed by atoms with van der Waals surface area (Å²) in [7, 11) is 1.38. The molecule has 0 aliphatic rings. The molecule has 2 aromatic rings. The lowest BCUT2D eigenvalue weighted by Crippen LogP contribution is -2.03. The summed E-state index contributed by atoms with van der Waals surface area (Å²) in [5.41, 5.74) is 2.83. The Morgan fingerprint density at radius 2 is 2.27 bits per heavy atom. The van der Waals surface area contributed by atoms with Gasteiger partial charge in [0.05, 0.1) is 19.8 Å².